The first-order chi connectivity index (χ1) is 11.0. The standard InChI is InChI=1S/C17H10ClNO4/c18-11-4-1-9(2-5-11)7-13-15(20)12-8-10(17(22)23)3-6-14(12)19-16(13)21/h1-8H,(H,19,21)(H,22,23)/b13-7-. The van der Waals surface area contributed by atoms with E-state index in [-0.39, 0.29) is 16.7 Å². The zero-order chi connectivity index (χ0) is 16.6. The van der Waals surface area contributed by atoms with Gasteiger partial charge in [0.1, 0.15) is 0 Å². The molecule has 0 aromatic heterocycles. The van der Waals surface area contributed by atoms with Crippen LogP contribution in [0.2, 0.25) is 5.02 Å². The third kappa shape index (κ3) is 2.86. The molecule has 2 N–H and O–H groups in total. The van der Waals surface area contributed by atoms with Gasteiger partial charge in [0, 0.05) is 10.6 Å². The van der Waals surface area contributed by atoms with Gasteiger partial charge in [-0.1, -0.05) is 23.7 Å². The van der Waals surface area contributed by atoms with Crippen molar-refractivity contribution in [3.8, 4) is 0 Å². The molecule has 1 aliphatic rings. The molecule has 6 heteroatoms. The fraction of sp³-hybridized carbons (Fsp3) is 0. The van der Waals surface area contributed by atoms with Gasteiger partial charge in [0.25, 0.3) is 5.91 Å². The quantitative estimate of drug-likeness (QED) is 0.655. The molecule has 1 amide bonds. The number of ketones is 1. The summed E-state index contributed by atoms with van der Waals surface area (Å²) in [5, 5.41) is 12.2. The number of carboxylic acid groups (broad SMARTS) is 1. The van der Waals surface area contributed by atoms with E-state index in [1.54, 1.807) is 24.3 Å². The number of Topliss-reactive ketones (excluding diaryl/α,β-unsaturated/α-hetero) is 1. The van der Waals surface area contributed by atoms with Gasteiger partial charge in [0.05, 0.1) is 16.8 Å². The lowest BCUT2D eigenvalue weighted by molar-refractivity contribution is -0.112. The van der Waals surface area contributed by atoms with Gasteiger partial charge in [-0.15, -0.1) is 0 Å². The van der Waals surface area contributed by atoms with Crippen LogP contribution in [0.5, 0.6) is 0 Å². The van der Waals surface area contributed by atoms with Gasteiger partial charge in [-0.05, 0) is 42.0 Å². The lowest BCUT2D eigenvalue weighted by Gasteiger charge is -2.18. The third-order valence-electron chi connectivity index (χ3n) is 3.43. The van der Waals surface area contributed by atoms with E-state index >= 15 is 0 Å². The molecule has 0 radical (unpaired) electrons. The van der Waals surface area contributed by atoms with Crippen LogP contribution in [0.25, 0.3) is 6.08 Å². The number of rotatable bonds is 2. The van der Waals surface area contributed by atoms with Crippen LogP contribution in [-0.4, -0.2) is 22.8 Å². The molecule has 0 saturated heterocycles. The Hall–Kier alpha value is -2.92. The fourth-order valence-electron chi connectivity index (χ4n) is 2.27. The number of aromatic carboxylic acids is 1. The number of nitrogens with one attached hydrogen (secondary N) is 1. The number of hydrogen-bond acceptors (Lipinski definition) is 3. The Kier molecular flexibility index (Phi) is 3.72. The molecule has 0 atom stereocenters. The number of fused-ring (bicyclic) bond motifs is 1. The predicted molar refractivity (Wildman–Crippen MR) is 85.8 cm³/mol. The Labute approximate surface area is 136 Å². The maximum atomic E-state index is 12.5. The molecule has 1 heterocycles. The van der Waals surface area contributed by atoms with Gasteiger partial charge in [-0.25, -0.2) is 4.79 Å². The molecule has 0 saturated carbocycles. The molecule has 114 valence electrons. The van der Waals surface area contributed by atoms with Crippen molar-refractivity contribution in [1.29, 1.82) is 0 Å². The number of halogens is 1. The maximum Gasteiger partial charge on any atom is 0.335 e. The second-order valence-corrected chi connectivity index (χ2v) is 5.39. The predicted octanol–water partition coefficient (Wildman–Crippen LogP) is 3.26. The Morgan fingerprint density at radius 2 is 1.78 bits per heavy atom. The molecule has 3 rings (SSSR count). The molecule has 2 aromatic rings. The van der Waals surface area contributed by atoms with Crippen LogP contribution in [0, 0.1) is 0 Å². The zero-order valence-electron chi connectivity index (χ0n) is 11.7. The van der Waals surface area contributed by atoms with Crippen LogP contribution >= 0.6 is 11.6 Å². The largest absolute Gasteiger partial charge is 0.478 e. The molecule has 0 unspecified atom stereocenters. The summed E-state index contributed by atoms with van der Waals surface area (Å²) >= 11 is 5.80. The topological polar surface area (TPSA) is 83.5 Å². The van der Waals surface area contributed by atoms with E-state index in [0.29, 0.717) is 16.3 Å². The minimum Gasteiger partial charge on any atom is -0.478 e. The highest BCUT2D eigenvalue weighted by Crippen LogP contribution is 2.27. The SMILES string of the molecule is O=C1Nc2ccc(C(=O)O)cc2C(=O)/C1=C/c1ccc(Cl)cc1. The molecular formula is C17H10ClNO4. The Morgan fingerprint density at radius 1 is 1.09 bits per heavy atom. The number of hydrogen-bond donors (Lipinski definition) is 2. The number of carbonyl (C=O) groups is 3. The summed E-state index contributed by atoms with van der Waals surface area (Å²) in [6.07, 6.45) is 1.45. The summed E-state index contributed by atoms with van der Waals surface area (Å²) in [6.45, 7) is 0. The van der Waals surface area contributed by atoms with E-state index in [2.05, 4.69) is 5.32 Å². The Balaban J connectivity index is 2.06. The van der Waals surface area contributed by atoms with Crippen LogP contribution in [-0.2, 0) is 4.79 Å². The number of amides is 1. The van der Waals surface area contributed by atoms with Gasteiger partial charge >= 0.3 is 5.97 Å². The van der Waals surface area contributed by atoms with Gasteiger partial charge in [0.2, 0.25) is 5.78 Å². The van der Waals surface area contributed by atoms with Crippen molar-refractivity contribution in [3.63, 3.8) is 0 Å². The summed E-state index contributed by atoms with van der Waals surface area (Å²) in [5.41, 5.74) is 1.04. The molecule has 0 fully saturated rings. The third-order valence-corrected chi connectivity index (χ3v) is 3.68. The van der Waals surface area contributed by atoms with Crippen LogP contribution in [0.1, 0.15) is 26.3 Å². The summed E-state index contributed by atoms with van der Waals surface area (Å²) in [4.78, 5) is 35.7. The van der Waals surface area contributed by atoms with E-state index in [9.17, 15) is 14.4 Å². The lowest BCUT2D eigenvalue weighted by Crippen LogP contribution is -2.27. The van der Waals surface area contributed by atoms with Crippen molar-refractivity contribution in [3.05, 3.63) is 69.8 Å². The van der Waals surface area contributed by atoms with E-state index in [4.69, 9.17) is 16.7 Å². The van der Waals surface area contributed by atoms with Crippen molar-refractivity contribution in [2.24, 2.45) is 0 Å². The molecule has 5 nitrogen and oxygen atoms in total. The highest BCUT2D eigenvalue weighted by molar-refractivity contribution is 6.36. The van der Waals surface area contributed by atoms with Crippen LogP contribution in [0.3, 0.4) is 0 Å². The normalized spacial score (nSPS) is 15.3. The van der Waals surface area contributed by atoms with E-state index in [1.807, 2.05) is 0 Å². The van der Waals surface area contributed by atoms with Crippen molar-refractivity contribution in [2.45, 2.75) is 0 Å². The van der Waals surface area contributed by atoms with Crippen molar-refractivity contribution < 1.29 is 19.5 Å². The minimum absolute atomic E-state index is 0.0147. The van der Waals surface area contributed by atoms with Crippen LogP contribution < -0.4 is 5.32 Å². The van der Waals surface area contributed by atoms with Crippen molar-refractivity contribution >= 4 is 41.0 Å². The second-order valence-electron chi connectivity index (χ2n) is 4.96. The van der Waals surface area contributed by atoms with Crippen molar-refractivity contribution in [2.75, 3.05) is 5.32 Å². The molecular weight excluding hydrogens is 318 g/mol. The fourth-order valence-corrected chi connectivity index (χ4v) is 2.39. The summed E-state index contributed by atoms with van der Waals surface area (Å²) in [6, 6.07) is 10.7. The zero-order valence-corrected chi connectivity index (χ0v) is 12.4. The summed E-state index contributed by atoms with van der Waals surface area (Å²) < 4.78 is 0. The molecule has 0 aliphatic carbocycles. The monoisotopic (exact) mass is 327 g/mol. The lowest BCUT2D eigenvalue weighted by atomic mass is 9.94. The average Bonchev–Trinajstić information content (AvgIpc) is 2.53. The van der Waals surface area contributed by atoms with Gasteiger partial charge < -0.3 is 10.4 Å². The first-order valence-corrected chi connectivity index (χ1v) is 7.04. The van der Waals surface area contributed by atoms with Gasteiger partial charge in [-0.2, -0.15) is 0 Å². The molecule has 23 heavy (non-hydrogen) atoms. The summed E-state index contributed by atoms with van der Waals surface area (Å²) in [5.74, 6) is -2.18. The van der Waals surface area contributed by atoms with Crippen molar-refractivity contribution in [1.82, 2.24) is 0 Å². The Bertz CT molecular complexity index is 869. The highest BCUT2D eigenvalue weighted by Gasteiger charge is 2.29. The number of benzene rings is 2. The molecule has 0 bridgehead atoms. The first-order valence-electron chi connectivity index (χ1n) is 6.66. The van der Waals surface area contributed by atoms with Crippen LogP contribution in [0.15, 0.2) is 48.0 Å². The van der Waals surface area contributed by atoms with Crippen LogP contribution in [0.4, 0.5) is 5.69 Å². The Morgan fingerprint density at radius 3 is 2.43 bits per heavy atom. The molecule has 1 aliphatic heterocycles. The second kappa shape index (κ2) is 5.70. The maximum absolute atomic E-state index is 12.5. The van der Waals surface area contributed by atoms with Gasteiger partial charge in [0.15, 0.2) is 0 Å². The number of carbonyl (C=O) groups excluding carboxylic acids is 2. The first kappa shape index (κ1) is 15.0. The molecule has 2 aromatic carbocycles. The van der Waals surface area contributed by atoms with E-state index < -0.39 is 17.7 Å². The number of carboxylic acids is 1. The van der Waals surface area contributed by atoms with E-state index in [1.165, 1.54) is 24.3 Å². The van der Waals surface area contributed by atoms with Gasteiger partial charge in [-0.3, -0.25) is 9.59 Å². The summed E-state index contributed by atoms with van der Waals surface area (Å²) in [7, 11) is 0. The smallest absolute Gasteiger partial charge is 0.335 e. The average molecular weight is 328 g/mol. The molecule has 0 spiro atoms. The van der Waals surface area contributed by atoms with E-state index in [0.717, 1.165) is 0 Å². The minimum atomic E-state index is -1.14. The highest BCUT2D eigenvalue weighted by atomic mass is 35.5. The number of anilines is 1.